The first kappa shape index (κ1) is 17.2. The summed E-state index contributed by atoms with van der Waals surface area (Å²) < 4.78 is 0.961. The summed E-state index contributed by atoms with van der Waals surface area (Å²) in [4.78, 5) is 24.1. The van der Waals surface area contributed by atoms with Crippen molar-refractivity contribution in [2.24, 2.45) is 5.73 Å². The predicted molar refractivity (Wildman–Crippen MR) is 95.5 cm³/mol. The predicted octanol–water partition coefficient (Wildman–Crippen LogP) is 3.77. The van der Waals surface area contributed by atoms with Crippen LogP contribution in [0.4, 0.5) is 5.69 Å². The van der Waals surface area contributed by atoms with Gasteiger partial charge >= 0.3 is 0 Å². The number of halogens is 1. The third-order valence-electron chi connectivity index (χ3n) is 3.98. The largest absolute Gasteiger partial charge is 0.366 e. The van der Waals surface area contributed by atoms with Crippen molar-refractivity contribution in [1.82, 2.24) is 0 Å². The van der Waals surface area contributed by atoms with Crippen molar-refractivity contribution in [2.45, 2.75) is 26.2 Å². The van der Waals surface area contributed by atoms with E-state index in [0.29, 0.717) is 16.8 Å². The first-order valence-corrected chi connectivity index (χ1v) is 7.99. The molecule has 0 spiro atoms. The Labute approximate surface area is 144 Å². The molecule has 0 atom stereocenters. The van der Waals surface area contributed by atoms with Gasteiger partial charge in [0.05, 0.1) is 5.41 Å². The van der Waals surface area contributed by atoms with Gasteiger partial charge in [-0.15, -0.1) is 0 Å². The van der Waals surface area contributed by atoms with Gasteiger partial charge in [-0.05, 0) is 56.2 Å². The molecule has 0 aromatic heterocycles. The fourth-order valence-electron chi connectivity index (χ4n) is 2.31. The van der Waals surface area contributed by atoms with Crippen LogP contribution in [0.15, 0.2) is 46.9 Å². The molecule has 0 unspecified atom stereocenters. The SMILES string of the molecule is Cc1c(NC(=O)C(C)(C)c2ccc(Br)cc2)cccc1C(N)=O. The summed E-state index contributed by atoms with van der Waals surface area (Å²) in [6, 6.07) is 12.7. The number of hydrogen-bond acceptors (Lipinski definition) is 2. The van der Waals surface area contributed by atoms with E-state index >= 15 is 0 Å². The molecule has 23 heavy (non-hydrogen) atoms. The zero-order chi connectivity index (χ0) is 17.2. The fraction of sp³-hybridized carbons (Fsp3) is 0.222. The van der Waals surface area contributed by atoms with E-state index in [9.17, 15) is 9.59 Å². The zero-order valence-corrected chi connectivity index (χ0v) is 14.9. The smallest absolute Gasteiger partial charge is 0.249 e. The highest BCUT2D eigenvalue weighted by Crippen LogP contribution is 2.28. The molecule has 0 radical (unpaired) electrons. The summed E-state index contributed by atoms with van der Waals surface area (Å²) in [5, 5.41) is 2.90. The molecule has 0 heterocycles. The second kappa shape index (κ2) is 6.54. The third-order valence-corrected chi connectivity index (χ3v) is 4.51. The molecule has 5 heteroatoms. The van der Waals surface area contributed by atoms with E-state index in [1.165, 1.54) is 0 Å². The van der Waals surface area contributed by atoms with Crippen LogP contribution in [-0.4, -0.2) is 11.8 Å². The van der Waals surface area contributed by atoms with Gasteiger partial charge in [0.2, 0.25) is 11.8 Å². The molecule has 4 nitrogen and oxygen atoms in total. The zero-order valence-electron chi connectivity index (χ0n) is 13.3. The summed E-state index contributed by atoms with van der Waals surface area (Å²) >= 11 is 3.39. The molecule has 2 amide bonds. The van der Waals surface area contributed by atoms with E-state index in [1.807, 2.05) is 38.1 Å². The first-order chi connectivity index (χ1) is 10.7. The monoisotopic (exact) mass is 374 g/mol. The number of nitrogens with one attached hydrogen (secondary N) is 1. The van der Waals surface area contributed by atoms with Crippen LogP contribution in [0.5, 0.6) is 0 Å². The Kier molecular flexibility index (Phi) is 4.90. The minimum absolute atomic E-state index is 0.149. The Morgan fingerprint density at radius 2 is 1.70 bits per heavy atom. The number of nitrogens with two attached hydrogens (primary N) is 1. The molecule has 0 saturated heterocycles. The lowest BCUT2D eigenvalue weighted by atomic mass is 9.83. The quantitative estimate of drug-likeness (QED) is 0.854. The number of anilines is 1. The van der Waals surface area contributed by atoms with Crippen molar-refractivity contribution in [3.63, 3.8) is 0 Å². The van der Waals surface area contributed by atoms with E-state index in [1.54, 1.807) is 25.1 Å². The van der Waals surface area contributed by atoms with Crippen LogP contribution in [0.2, 0.25) is 0 Å². The second-order valence-electron chi connectivity index (χ2n) is 5.93. The number of amides is 2. The van der Waals surface area contributed by atoms with E-state index < -0.39 is 11.3 Å². The van der Waals surface area contributed by atoms with Gasteiger partial charge in [0.1, 0.15) is 0 Å². The van der Waals surface area contributed by atoms with Crippen molar-refractivity contribution in [3.8, 4) is 0 Å². The average molecular weight is 375 g/mol. The van der Waals surface area contributed by atoms with Crippen LogP contribution in [0.3, 0.4) is 0 Å². The van der Waals surface area contributed by atoms with Gasteiger partial charge in [-0.3, -0.25) is 9.59 Å². The molecule has 0 fully saturated rings. The van der Waals surface area contributed by atoms with Crippen LogP contribution in [0, 0.1) is 6.92 Å². The number of carbonyl (C=O) groups is 2. The lowest BCUT2D eigenvalue weighted by Gasteiger charge is -2.25. The molecular formula is C18H19BrN2O2. The van der Waals surface area contributed by atoms with Crippen molar-refractivity contribution < 1.29 is 9.59 Å². The lowest BCUT2D eigenvalue weighted by Crippen LogP contribution is -2.35. The molecule has 3 N–H and O–H groups in total. The molecule has 0 bridgehead atoms. The van der Waals surface area contributed by atoms with Crippen LogP contribution in [-0.2, 0) is 10.2 Å². The Morgan fingerprint density at radius 3 is 2.26 bits per heavy atom. The van der Waals surface area contributed by atoms with Gasteiger partial charge < -0.3 is 11.1 Å². The minimum atomic E-state index is -0.712. The van der Waals surface area contributed by atoms with E-state index in [-0.39, 0.29) is 5.91 Å². The van der Waals surface area contributed by atoms with Crippen LogP contribution >= 0.6 is 15.9 Å². The van der Waals surface area contributed by atoms with Gasteiger partial charge in [-0.2, -0.15) is 0 Å². The Morgan fingerprint density at radius 1 is 1.09 bits per heavy atom. The van der Waals surface area contributed by atoms with Gasteiger partial charge in [0, 0.05) is 15.7 Å². The fourth-order valence-corrected chi connectivity index (χ4v) is 2.58. The Bertz CT molecular complexity index is 752. The van der Waals surface area contributed by atoms with Crippen molar-refractivity contribution in [1.29, 1.82) is 0 Å². The third kappa shape index (κ3) is 3.62. The molecule has 2 aromatic rings. The summed E-state index contributed by atoms with van der Waals surface area (Å²) in [6.07, 6.45) is 0. The summed E-state index contributed by atoms with van der Waals surface area (Å²) in [7, 11) is 0. The normalized spacial score (nSPS) is 11.1. The first-order valence-electron chi connectivity index (χ1n) is 7.20. The van der Waals surface area contributed by atoms with Crippen molar-refractivity contribution >= 4 is 33.4 Å². The van der Waals surface area contributed by atoms with Crippen molar-refractivity contribution in [3.05, 3.63) is 63.6 Å². The molecule has 2 aromatic carbocycles. The van der Waals surface area contributed by atoms with E-state index in [4.69, 9.17) is 5.73 Å². The Hall–Kier alpha value is -2.14. The van der Waals surface area contributed by atoms with Gasteiger partial charge in [0.15, 0.2) is 0 Å². The van der Waals surface area contributed by atoms with E-state index in [2.05, 4.69) is 21.2 Å². The maximum atomic E-state index is 12.7. The molecular weight excluding hydrogens is 356 g/mol. The molecule has 0 aliphatic heterocycles. The second-order valence-corrected chi connectivity index (χ2v) is 6.84. The van der Waals surface area contributed by atoms with E-state index in [0.717, 1.165) is 10.0 Å². The maximum Gasteiger partial charge on any atom is 0.249 e. The van der Waals surface area contributed by atoms with Crippen LogP contribution in [0.25, 0.3) is 0 Å². The topological polar surface area (TPSA) is 72.2 Å². The number of hydrogen-bond donors (Lipinski definition) is 2. The Balaban J connectivity index is 2.30. The van der Waals surface area contributed by atoms with Gasteiger partial charge in [0.25, 0.3) is 0 Å². The minimum Gasteiger partial charge on any atom is -0.366 e. The average Bonchev–Trinajstić information content (AvgIpc) is 2.49. The number of benzene rings is 2. The highest BCUT2D eigenvalue weighted by atomic mass is 79.9. The number of primary amides is 1. The van der Waals surface area contributed by atoms with Gasteiger partial charge in [-0.25, -0.2) is 0 Å². The summed E-state index contributed by atoms with van der Waals surface area (Å²) in [5.74, 6) is -0.657. The summed E-state index contributed by atoms with van der Waals surface area (Å²) in [6.45, 7) is 5.49. The van der Waals surface area contributed by atoms with Crippen LogP contribution < -0.4 is 11.1 Å². The van der Waals surface area contributed by atoms with Crippen LogP contribution in [0.1, 0.15) is 35.3 Å². The molecule has 0 aliphatic carbocycles. The van der Waals surface area contributed by atoms with Gasteiger partial charge in [-0.1, -0.05) is 34.1 Å². The molecule has 0 aliphatic rings. The highest BCUT2D eigenvalue weighted by Gasteiger charge is 2.30. The van der Waals surface area contributed by atoms with Crippen molar-refractivity contribution in [2.75, 3.05) is 5.32 Å². The number of rotatable bonds is 4. The maximum absolute atomic E-state index is 12.7. The summed E-state index contributed by atoms with van der Waals surface area (Å²) in [5.41, 5.74) is 7.21. The highest BCUT2D eigenvalue weighted by molar-refractivity contribution is 9.10. The molecule has 2 rings (SSSR count). The lowest BCUT2D eigenvalue weighted by molar-refractivity contribution is -0.120. The molecule has 0 saturated carbocycles. The number of carbonyl (C=O) groups excluding carboxylic acids is 2. The molecule has 120 valence electrons. The standard InChI is InChI=1S/C18H19BrN2O2/c1-11-14(16(20)22)5-4-6-15(11)21-17(23)18(2,3)12-7-9-13(19)10-8-12/h4-10H,1-3H3,(H2,20,22)(H,21,23).